The molecule has 0 fully saturated rings. The molecule has 0 unspecified atom stereocenters. The van der Waals surface area contributed by atoms with Gasteiger partial charge >= 0.3 is 0 Å². The number of rotatable bonds is 6. The molecule has 2 nitrogen and oxygen atoms in total. The largest absolute Gasteiger partial charge is 0.494 e. The number of aldehydes is 1. The zero-order valence-electron chi connectivity index (χ0n) is 8.53. The molecular weight excluding hydrogens is 176 g/mol. The van der Waals surface area contributed by atoms with Gasteiger partial charge in [-0.05, 0) is 30.5 Å². The predicted molar refractivity (Wildman–Crippen MR) is 56.6 cm³/mol. The van der Waals surface area contributed by atoms with Crippen molar-refractivity contribution in [3.63, 3.8) is 0 Å². The topological polar surface area (TPSA) is 26.3 Å². The second-order valence-corrected chi connectivity index (χ2v) is 3.15. The van der Waals surface area contributed by atoms with Crippen molar-refractivity contribution in [1.82, 2.24) is 0 Å². The monoisotopic (exact) mass is 192 g/mol. The van der Waals surface area contributed by atoms with E-state index in [2.05, 4.69) is 19.1 Å². The third kappa shape index (κ3) is 3.60. The van der Waals surface area contributed by atoms with Crippen LogP contribution in [0, 0.1) is 0 Å². The highest BCUT2D eigenvalue weighted by atomic mass is 16.5. The van der Waals surface area contributed by atoms with Gasteiger partial charge in [0, 0.05) is 6.42 Å². The first kappa shape index (κ1) is 10.8. The number of ether oxygens (including phenoxy) is 1. The molecule has 0 heterocycles. The summed E-state index contributed by atoms with van der Waals surface area (Å²) in [5, 5.41) is 0. The van der Waals surface area contributed by atoms with E-state index < -0.39 is 0 Å². The number of carbonyl (C=O) groups is 1. The molecule has 0 atom stereocenters. The van der Waals surface area contributed by atoms with Crippen LogP contribution in [0.25, 0.3) is 0 Å². The average molecular weight is 192 g/mol. The first-order valence-corrected chi connectivity index (χ1v) is 5.02. The van der Waals surface area contributed by atoms with Crippen LogP contribution in [0.2, 0.25) is 0 Å². The van der Waals surface area contributed by atoms with Crippen molar-refractivity contribution in [3.05, 3.63) is 29.8 Å². The minimum Gasteiger partial charge on any atom is -0.494 e. The van der Waals surface area contributed by atoms with Crippen LogP contribution >= 0.6 is 0 Å². The number of unbranched alkanes of at least 4 members (excludes halogenated alkanes) is 1. The van der Waals surface area contributed by atoms with E-state index in [0.29, 0.717) is 13.0 Å². The van der Waals surface area contributed by atoms with Gasteiger partial charge in [-0.25, -0.2) is 0 Å². The minimum atomic E-state index is 0.576. The molecule has 1 rings (SSSR count). The zero-order chi connectivity index (χ0) is 10.2. The summed E-state index contributed by atoms with van der Waals surface area (Å²) >= 11 is 0. The molecule has 1 aromatic carbocycles. The minimum absolute atomic E-state index is 0.576. The normalized spacial score (nSPS) is 9.79. The van der Waals surface area contributed by atoms with E-state index in [1.54, 1.807) is 0 Å². The number of aryl methyl sites for hydroxylation is 1. The quantitative estimate of drug-likeness (QED) is 0.511. The van der Waals surface area contributed by atoms with Crippen molar-refractivity contribution >= 4 is 6.29 Å². The van der Waals surface area contributed by atoms with Gasteiger partial charge in [0.15, 0.2) is 0 Å². The van der Waals surface area contributed by atoms with E-state index in [0.717, 1.165) is 24.9 Å². The predicted octanol–water partition coefficient (Wildman–Crippen LogP) is 2.61. The Kier molecular flexibility index (Phi) is 4.76. The Hall–Kier alpha value is -1.31. The van der Waals surface area contributed by atoms with Gasteiger partial charge in [0.25, 0.3) is 0 Å². The van der Waals surface area contributed by atoms with E-state index in [-0.39, 0.29) is 0 Å². The summed E-state index contributed by atoms with van der Waals surface area (Å²) < 4.78 is 5.45. The van der Waals surface area contributed by atoms with E-state index in [1.165, 1.54) is 5.56 Å². The molecule has 76 valence electrons. The van der Waals surface area contributed by atoms with Crippen LogP contribution in [0.5, 0.6) is 5.75 Å². The molecule has 0 radical (unpaired) electrons. The van der Waals surface area contributed by atoms with Crippen molar-refractivity contribution in [1.29, 1.82) is 0 Å². The Morgan fingerprint density at radius 2 is 2.00 bits per heavy atom. The highest BCUT2D eigenvalue weighted by Crippen LogP contribution is 2.12. The Morgan fingerprint density at radius 3 is 2.57 bits per heavy atom. The summed E-state index contributed by atoms with van der Waals surface area (Å²) in [5.41, 5.74) is 1.31. The Labute approximate surface area is 84.9 Å². The van der Waals surface area contributed by atoms with Crippen molar-refractivity contribution in [2.24, 2.45) is 0 Å². The summed E-state index contributed by atoms with van der Waals surface area (Å²) in [5.74, 6) is 0.882. The van der Waals surface area contributed by atoms with Crippen molar-refractivity contribution in [2.45, 2.75) is 26.2 Å². The van der Waals surface area contributed by atoms with Crippen molar-refractivity contribution in [3.8, 4) is 5.75 Å². The van der Waals surface area contributed by atoms with Gasteiger partial charge in [-0.2, -0.15) is 0 Å². The Morgan fingerprint density at radius 1 is 1.29 bits per heavy atom. The first-order valence-electron chi connectivity index (χ1n) is 5.02. The third-order valence-electron chi connectivity index (χ3n) is 2.07. The standard InChI is InChI=1S/C12H16O2/c1-2-11-5-7-12(8-6-11)14-10-4-3-9-13/h5-9H,2-4,10H2,1H3. The first-order chi connectivity index (χ1) is 6.86. The zero-order valence-corrected chi connectivity index (χ0v) is 8.53. The molecule has 0 bridgehead atoms. The SMILES string of the molecule is CCc1ccc(OCCCC=O)cc1. The van der Waals surface area contributed by atoms with E-state index in [1.807, 2.05) is 12.1 Å². The summed E-state index contributed by atoms with van der Waals surface area (Å²) in [6.07, 6.45) is 3.33. The van der Waals surface area contributed by atoms with Gasteiger partial charge in [-0.3, -0.25) is 0 Å². The molecule has 0 aliphatic heterocycles. The van der Waals surface area contributed by atoms with Crippen LogP contribution in [0.3, 0.4) is 0 Å². The number of benzene rings is 1. The smallest absolute Gasteiger partial charge is 0.120 e. The summed E-state index contributed by atoms with van der Waals surface area (Å²) in [6, 6.07) is 8.07. The fourth-order valence-electron chi connectivity index (χ4n) is 1.18. The molecule has 0 spiro atoms. The molecule has 0 saturated heterocycles. The molecule has 0 aliphatic rings. The van der Waals surface area contributed by atoms with Crippen LogP contribution in [-0.2, 0) is 11.2 Å². The van der Waals surface area contributed by atoms with Gasteiger partial charge in [0.2, 0.25) is 0 Å². The molecule has 0 amide bonds. The number of carbonyl (C=O) groups excluding carboxylic acids is 1. The fraction of sp³-hybridized carbons (Fsp3) is 0.417. The van der Waals surface area contributed by atoms with Crippen LogP contribution in [0.1, 0.15) is 25.3 Å². The second kappa shape index (κ2) is 6.19. The molecule has 0 saturated carbocycles. The maximum absolute atomic E-state index is 10.0. The molecular formula is C12H16O2. The summed E-state index contributed by atoms with van der Waals surface area (Å²) in [7, 11) is 0. The second-order valence-electron chi connectivity index (χ2n) is 3.15. The van der Waals surface area contributed by atoms with Gasteiger partial charge < -0.3 is 9.53 Å². The maximum Gasteiger partial charge on any atom is 0.120 e. The lowest BCUT2D eigenvalue weighted by Crippen LogP contribution is -1.97. The van der Waals surface area contributed by atoms with Gasteiger partial charge in [0.1, 0.15) is 12.0 Å². The van der Waals surface area contributed by atoms with E-state index in [4.69, 9.17) is 4.74 Å². The molecule has 1 aromatic rings. The van der Waals surface area contributed by atoms with Crippen LogP contribution in [-0.4, -0.2) is 12.9 Å². The van der Waals surface area contributed by atoms with Crippen LogP contribution < -0.4 is 4.74 Å². The lowest BCUT2D eigenvalue weighted by Gasteiger charge is -2.05. The van der Waals surface area contributed by atoms with Crippen molar-refractivity contribution in [2.75, 3.05) is 6.61 Å². The van der Waals surface area contributed by atoms with Crippen LogP contribution in [0.4, 0.5) is 0 Å². The Bertz CT molecular complexity index is 264. The van der Waals surface area contributed by atoms with Gasteiger partial charge in [0.05, 0.1) is 6.61 Å². The highest BCUT2D eigenvalue weighted by Gasteiger charge is 1.93. The van der Waals surface area contributed by atoms with Gasteiger partial charge in [-0.1, -0.05) is 19.1 Å². The lowest BCUT2D eigenvalue weighted by molar-refractivity contribution is -0.108. The highest BCUT2D eigenvalue weighted by molar-refractivity contribution is 5.48. The molecule has 14 heavy (non-hydrogen) atoms. The van der Waals surface area contributed by atoms with E-state index in [9.17, 15) is 4.79 Å². The van der Waals surface area contributed by atoms with Crippen molar-refractivity contribution < 1.29 is 9.53 Å². The number of hydrogen-bond acceptors (Lipinski definition) is 2. The Balaban J connectivity index is 2.32. The van der Waals surface area contributed by atoms with Gasteiger partial charge in [-0.15, -0.1) is 0 Å². The number of hydrogen-bond donors (Lipinski definition) is 0. The third-order valence-corrected chi connectivity index (χ3v) is 2.07. The summed E-state index contributed by atoms with van der Waals surface area (Å²) in [4.78, 5) is 10.0. The lowest BCUT2D eigenvalue weighted by atomic mass is 10.2. The molecule has 0 N–H and O–H groups in total. The maximum atomic E-state index is 10.0. The molecule has 0 aromatic heterocycles. The summed E-state index contributed by atoms with van der Waals surface area (Å²) in [6.45, 7) is 2.74. The fourth-order valence-corrected chi connectivity index (χ4v) is 1.18. The molecule has 0 aliphatic carbocycles. The van der Waals surface area contributed by atoms with Crippen LogP contribution in [0.15, 0.2) is 24.3 Å². The average Bonchev–Trinajstić information content (AvgIpc) is 2.25. The van der Waals surface area contributed by atoms with E-state index >= 15 is 0 Å². The molecule has 2 heteroatoms.